The van der Waals surface area contributed by atoms with Crippen molar-refractivity contribution >= 4 is 11.5 Å². The van der Waals surface area contributed by atoms with Crippen LogP contribution >= 0.6 is 0 Å². The molecule has 2 N–H and O–H groups in total. The van der Waals surface area contributed by atoms with Crippen LogP contribution in [0.4, 0.5) is 11.5 Å². The fourth-order valence-corrected chi connectivity index (χ4v) is 2.27. The Hall–Kier alpha value is -1.23. The second-order valence-corrected chi connectivity index (χ2v) is 6.50. The third kappa shape index (κ3) is 4.13. The normalized spacial score (nSPS) is 11.9. The van der Waals surface area contributed by atoms with Crippen molar-refractivity contribution in [2.24, 2.45) is 5.92 Å². The third-order valence-corrected chi connectivity index (χ3v) is 3.30. The standard InChI is InChI=1S/C15H31N5/c1-11(2)10-19(9-8-18(6)7)15-14(16)13(5)17-20(15)12(3)4/h11-12H,8-10,16H2,1-7H3. The SMILES string of the molecule is Cc1nn(C(C)C)c(N(CCN(C)C)CC(C)C)c1N. The molecule has 1 rings (SSSR count). The maximum absolute atomic E-state index is 6.29. The second-order valence-electron chi connectivity index (χ2n) is 6.50. The zero-order chi connectivity index (χ0) is 15.4. The molecule has 5 heteroatoms. The number of nitrogen functional groups attached to an aromatic ring is 1. The number of hydrogen-bond donors (Lipinski definition) is 1. The lowest BCUT2D eigenvalue weighted by Gasteiger charge is -2.29. The molecule has 0 aliphatic carbocycles. The molecule has 0 bridgehead atoms. The average molecular weight is 281 g/mol. The number of rotatable bonds is 7. The molecule has 0 atom stereocenters. The lowest BCUT2D eigenvalue weighted by atomic mass is 10.2. The molecule has 116 valence electrons. The summed E-state index contributed by atoms with van der Waals surface area (Å²) < 4.78 is 2.06. The van der Waals surface area contributed by atoms with E-state index in [9.17, 15) is 0 Å². The minimum absolute atomic E-state index is 0.315. The third-order valence-electron chi connectivity index (χ3n) is 3.30. The van der Waals surface area contributed by atoms with Gasteiger partial charge in [-0.2, -0.15) is 5.10 Å². The summed E-state index contributed by atoms with van der Waals surface area (Å²) in [6, 6.07) is 0.315. The Kier molecular flexibility index (Phi) is 5.87. The Morgan fingerprint density at radius 3 is 2.20 bits per heavy atom. The molecule has 0 radical (unpaired) electrons. The van der Waals surface area contributed by atoms with Gasteiger partial charge in [-0.15, -0.1) is 0 Å². The van der Waals surface area contributed by atoms with Crippen molar-refractivity contribution in [1.29, 1.82) is 0 Å². The van der Waals surface area contributed by atoms with Crippen LogP contribution in [0.25, 0.3) is 0 Å². The Bertz CT molecular complexity index is 420. The van der Waals surface area contributed by atoms with Crippen LogP contribution in [0.1, 0.15) is 39.4 Å². The maximum atomic E-state index is 6.29. The van der Waals surface area contributed by atoms with E-state index in [2.05, 4.69) is 61.4 Å². The first-order valence-corrected chi connectivity index (χ1v) is 7.48. The second kappa shape index (κ2) is 6.97. The summed E-state index contributed by atoms with van der Waals surface area (Å²) in [6.45, 7) is 13.7. The quantitative estimate of drug-likeness (QED) is 0.833. The van der Waals surface area contributed by atoms with Gasteiger partial charge in [0.25, 0.3) is 0 Å². The van der Waals surface area contributed by atoms with E-state index in [1.54, 1.807) is 0 Å². The molecule has 5 nitrogen and oxygen atoms in total. The summed E-state index contributed by atoms with van der Waals surface area (Å²) in [5.74, 6) is 1.67. The molecule has 0 aliphatic heterocycles. The van der Waals surface area contributed by atoms with Gasteiger partial charge < -0.3 is 15.5 Å². The van der Waals surface area contributed by atoms with Crippen molar-refractivity contribution in [3.63, 3.8) is 0 Å². The van der Waals surface area contributed by atoms with E-state index < -0.39 is 0 Å². The molecule has 20 heavy (non-hydrogen) atoms. The van der Waals surface area contributed by atoms with Crippen LogP contribution in [-0.2, 0) is 0 Å². The van der Waals surface area contributed by atoms with Gasteiger partial charge in [0, 0.05) is 25.7 Å². The van der Waals surface area contributed by atoms with Crippen LogP contribution in [0.5, 0.6) is 0 Å². The van der Waals surface area contributed by atoms with E-state index in [-0.39, 0.29) is 0 Å². The zero-order valence-electron chi connectivity index (χ0n) is 14.1. The van der Waals surface area contributed by atoms with Crippen molar-refractivity contribution in [2.45, 2.75) is 40.7 Å². The highest BCUT2D eigenvalue weighted by Gasteiger charge is 2.21. The average Bonchev–Trinajstić information content (AvgIpc) is 2.61. The number of anilines is 2. The molecule has 0 amide bonds. The zero-order valence-corrected chi connectivity index (χ0v) is 14.1. The predicted molar refractivity (Wildman–Crippen MR) is 87.4 cm³/mol. The highest BCUT2D eigenvalue weighted by molar-refractivity contribution is 5.66. The fraction of sp³-hybridized carbons (Fsp3) is 0.800. The number of nitrogens with zero attached hydrogens (tertiary/aromatic N) is 4. The van der Waals surface area contributed by atoms with E-state index in [1.165, 1.54) is 0 Å². The molecule has 0 unspecified atom stereocenters. The molecular formula is C15H31N5. The Morgan fingerprint density at radius 1 is 1.15 bits per heavy atom. The van der Waals surface area contributed by atoms with Crippen molar-refractivity contribution < 1.29 is 0 Å². The van der Waals surface area contributed by atoms with Gasteiger partial charge in [0.15, 0.2) is 5.82 Å². The number of nitrogens with two attached hydrogens (primary N) is 1. The van der Waals surface area contributed by atoms with Crippen molar-refractivity contribution in [2.75, 3.05) is 44.4 Å². The molecule has 0 fully saturated rings. The fourth-order valence-electron chi connectivity index (χ4n) is 2.27. The van der Waals surface area contributed by atoms with Gasteiger partial charge in [-0.25, -0.2) is 4.68 Å². The number of likely N-dealkylation sites (N-methyl/N-ethyl adjacent to an activating group) is 1. The summed E-state index contributed by atoms with van der Waals surface area (Å²) in [4.78, 5) is 4.58. The topological polar surface area (TPSA) is 50.3 Å². The van der Waals surface area contributed by atoms with Crippen molar-refractivity contribution in [1.82, 2.24) is 14.7 Å². The minimum Gasteiger partial charge on any atom is -0.394 e. The van der Waals surface area contributed by atoms with Gasteiger partial charge in [-0.3, -0.25) is 0 Å². The van der Waals surface area contributed by atoms with Gasteiger partial charge in [-0.05, 0) is 40.8 Å². The van der Waals surface area contributed by atoms with E-state index in [0.717, 1.165) is 36.8 Å². The van der Waals surface area contributed by atoms with Gasteiger partial charge in [-0.1, -0.05) is 13.8 Å². The monoisotopic (exact) mass is 281 g/mol. The van der Waals surface area contributed by atoms with E-state index in [4.69, 9.17) is 5.73 Å². The van der Waals surface area contributed by atoms with E-state index in [1.807, 2.05) is 6.92 Å². The lowest BCUT2D eigenvalue weighted by Crippen LogP contribution is -2.36. The number of hydrogen-bond acceptors (Lipinski definition) is 4. The molecule has 0 aromatic carbocycles. The number of aromatic nitrogens is 2. The van der Waals surface area contributed by atoms with Crippen LogP contribution < -0.4 is 10.6 Å². The lowest BCUT2D eigenvalue weighted by molar-refractivity contribution is 0.405. The van der Waals surface area contributed by atoms with Gasteiger partial charge >= 0.3 is 0 Å². The molecule has 0 saturated carbocycles. The first-order chi connectivity index (χ1) is 9.23. The molecule has 0 spiro atoms. The summed E-state index contributed by atoms with van der Waals surface area (Å²) in [6.07, 6.45) is 0. The molecular weight excluding hydrogens is 250 g/mol. The Morgan fingerprint density at radius 2 is 1.75 bits per heavy atom. The van der Waals surface area contributed by atoms with Gasteiger partial charge in [0.2, 0.25) is 0 Å². The van der Waals surface area contributed by atoms with Crippen molar-refractivity contribution in [3.8, 4) is 0 Å². The van der Waals surface area contributed by atoms with Gasteiger partial charge in [0.1, 0.15) is 0 Å². The highest BCUT2D eigenvalue weighted by Crippen LogP contribution is 2.29. The van der Waals surface area contributed by atoms with Crippen molar-refractivity contribution in [3.05, 3.63) is 5.69 Å². The van der Waals surface area contributed by atoms with Crippen LogP contribution in [0.15, 0.2) is 0 Å². The maximum Gasteiger partial charge on any atom is 0.150 e. The number of aryl methyl sites for hydroxylation is 1. The Balaban J connectivity index is 3.11. The predicted octanol–water partition coefficient (Wildman–Crippen LogP) is 2.38. The van der Waals surface area contributed by atoms with Crippen LogP contribution in [0.2, 0.25) is 0 Å². The summed E-state index contributed by atoms with van der Waals surface area (Å²) in [5.41, 5.74) is 8.03. The Labute approximate surface area is 123 Å². The molecule has 1 aromatic rings. The van der Waals surface area contributed by atoms with E-state index >= 15 is 0 Å². The van der Waals surface area contributed by atoms with Crippen LogP contribution in [0, 0.1) is 12.8 Å². The summed E-state index contributed by atoms with van der Waals surface area (Å²) >= 11 is 0. The summed E-state index contributed by atoms with van der Waals surface area (Å²) in [7, 11) is 4.20. The van der Waals surface area contributed by atoms with E-state index in [0.29, 0.717) is 12.0 Å². The van der Waals surface area contributed by atoms with Gasteiger partial charge in [0.05, 0.1) is 11.4 Å². The highest BCUT2D eigenvalue weighted by atomic mass is 15.4. The van der Waals surface area contributed by atoms with Crippen LogP contribution in [0.3, 0.4) is 0 Å². The molecule has 1 aromatic heterocycles. The minimum atomic E-state index is 0.315. The molecule has 0 aliphatic rings. The summed E-state index contributed by atoms with van der Waals surface area (Å²) in [5, 5.41) is 4.60. The molecule has 1 heterocycles. The molecule has 0 saturated heterocycles. The largest absolute Gasteiger partial charge is 0.394 e. The van der Waals surface area contributed by atoms with Crippen LogP contribution in [-0.4, -0.2) is 48.4 Å². The smallest absolute Gasteiger partial charge is 0.150 e. The first-order valence-electron chi connectivity index (χ1n) is 7.48. The first kappa shape index (κ1) is 16.8.